The van der Waals surface area contributed by atoms with Crippen molar-refractivity contribution >= 4 is 11.8 Å². The van der Waals surface area contributed by atoms with Crippen molar-refractivity contribution in [2.24, 2.45) is 11.8 Å². The summed E-state index contributed by atoms with van der Waals surface area (Å²) in [6, 6.07) is 0. The van der Waals surface area contributed by atoms with Crippen molar-refractivity contribution in [1.29, 1.82) is 0 Å². The summed E-state index contributed by atoms with van der Waals surface area (Å²) in [4.78, 5) is 27.3. The number of rotatable bonds is 4. The van der Waals surface area contributed by atoms with Gasteiger partial charge in [0.05, 0.1) is 0 Å². The van der Waals surface area contributed by atoms with Crippen LogP contribution in [0.15, 0.2) is 0 Å². The van der Waals surface area contributed by atoms with E-state index in [1.807, 2.05) is 25.7 Å². The summed E-state index contributed by atoms with van der Waals surface area (Å²) >= 11 is 0. The van der Waals surface area contributed by atoms with Crippen LogP contribution in [0.1, 0.15) is 53.9 Å². The predicted molar refractivity (Wildman–Crippen MR) is 74.5 cm³/mol. The second-order valence-corrected chi connectivity index (χ2v) is 6.87. The summed E-state index contributed by atoms with van der Waals surface area (Å²) in [5.74, 6) is 0.793. The monoisotopic (exact) mass is 266 g/mol. The van der Waals surface area contributed by atoms with Gasteiger partial charge in [0.1, 0.15) is 11.1 Å². The quantitative estimate of drug-likeness (QED) is 0.845. The van der Waals surface area contributed by atoms with Crippen LogP contribution < -0.4 is 5.32 Å². The maximum Gasteiger partial charge on any atom is 0.249 e. The van der Waals surface area contributed by atoms with E-state index in [0.717, 1.165) is 12.8 Å². The van der Waals surface area contributed by atoms with Crippen LogP contribution in [0, 0.1) is 11.8 Å². The Kier molecular flexibility index (Phi) is 3.40. The molecule has 0 spiro atoms. The smallest absolute Gasteiger partial charge is 0.249 e. The second-order valence-electron chi connectivity index (χ2n) is 6.87. The van der Waals surface area contributed by atoms with Gasteiger partial charge in [-0.05, 0) is 44.9 Å². The van der Waals surface area contributed by atoms with Gasteiger partial charge < -0.3 is 10.2 Å². The highest BCUT2D eigenvalue weighted by Crippen LogP contribution is 2.44. The molecule has 4 heteroatoms. The van der Waals surface area contributed by atoms with Crippen molar-refractivity contribution in [3.63, 3.8) is 0 Å². The molecule has 2 atom stereocenters. The first-order chi connectivity index (χ1) is 8.75. The molecule has 0 radical (unpaired) electrons. The Hall–Kier alpha value is -1.06. The van der Waals surface area contributed by atoms with Crippen LogP contribution in [0.5, 0.6) is 0 Å². The highest BCUT2D eigenvalue weighted by Gasteiger charge is 2.58. The lowest BCUT2D eigenvalue weighted by molar-refractivity contribution is -0.163. The molecule has 0 aromatic heterocycles. The summed E-state index contributed by atoms with van der Waals surface area (Å²) in [5.41, 5.74) is -1.38. The molecule has 108 valence electrons. The molecule has 1 aliphatic carbocycles. The van der Waals surface area contributed by atoms with Gasteiger partial charge in [0.15, 0.2) is 0 Å². The molecule has 1 aliphatic heterocycles. The largest absolute Gasteiger partial charge is 0.340 e. The number of carbonyl (C=O) groups excluding carboxylic acids is 2. The Morgan fingerprint density at radius 1 is 1.32 bits per heavy atom. The summed E-state index contributed by atoms with van der Waals surface area (Å²) in [6.45, 7) is 10.6. The summed E-state index contributed by atoms with van der Waals surface area (Å²) in [6.07, 6.45) is 2.74. The predicted octanol–water partition coefficient (Wildman–Crippen LogP) is 1.94. The van der Waals surface area contributed by atoms with Crippen molar-refractivity contribution in [2.75, 3.05) is 6.54 Å². The molecule has 2 rings (SSSR count). The fourth-order valence-electron chi connectivity index (χ4n) is 2.99. The number of nitrogens with zero attached hydrogens (tertiary/aromatic N) is 1. The third-order valence-corrected chi connectivity index (χ3v) is 4.78. The molecular formula is C15H26N2O2. The van der Waals surface area contributed by atoms with Gasteiger partial charge in [-0.25, -0.2) is 0 Å². The first-order valence-corrected chi connectivity index (χ1v) is 7.40. The van der Waals surface area contributed by atoms with E-state index in [2.05, 4.69) is 19.2 Å². The van der Waals surface area contributed by atoms with E-state index in [9.17, 15) is 9.59 Å². The normalized spacial score (nSPS) is 35.8. The van der Waals surface area contributed by atoms with Gasteiger partial charge in [0.2, 0.25) is 11.8 Å². The van der Waals surface area contributed by atoms with Crippen LogP contribution in [0.3, 0.4) is 0 Å². The van der Waals surface area contributed by atoms with E-state index in [-0.39, 0.29) is 11.8 Å². The fraction of sp³-hybridized carbons (Fsp3) is 0.867. The molecule has 1 saturated heterocycles. The molecule has 1 N–H and O–H groups in total. The molecule has 0 aromatic carbocycles. The average Bonchev–Trinajstić information content (AvgIpc) is 3.16. The van der Waals surface area contributed by atoms with Crippen molar-refractivity contribution in [1.82, 2.24) is 10.2 Å². The molecule has 1 saturated carbocycles. The molecule has 1 heterocycles. The topological polar surface area (TPSA) is 49.4 Å². The Morgan fingerprint density at radius 2 is 1.89 bits per heavy atom. The highest BCUT2D eigenvalue weighted by molar-refractivity contribution is 6.02. The maximum absolute atomic E-state index is 12.9. The van der Waals surface area contributed by atoms with E-state index in [4.69, 9.17) is 0 Å². The van der Waals surface area contributed by atoms with E-state index >= 15 is 0 Å². The molecule has 4 nitrogen and oxygen atoms in total. The zero-order chi connectivity index (χ0) is 14.4. The van der Waals surface area contributed by atoms with Crippen LogP contribution in [0.2, 0.25) is 0 Å². The van der Waals surface area contributed by atoms with E-state index in [1.54, 1.807) is 0 Å². The summed E-state index contributed by atoms with van der Waals surface area (Å²) in [7, 11) is 0. The molecular weight excluding hydrogens is 240 g/mol. The highest BCUT2D eigenvalue weighted by atomic mass is 16.2. The number of hydrogen-bond acceptors (Lipinski definition) is 2. The van der Waals surface area contributed by atoms with Crippen molar-refractivity contribution < 1.29 is 9.59 Å². The Balaban J connectivity index is 2.36. The van der Waals surface area contributed by atoms with E-state index in [1.165, 1.54) is 0 Å². The summed E-state index contributed by atoms with van der Waals surface area (Å²) in [5, 5.41) is 3.02. The summed E-state index contributed by atoms with van der Waals surface area (Å²) < 4.78 is 0. The van der Waals surface area contributed by atoms with Crippen molar-refractivity contribution in [3.8, 4) is 0 Å². The van der Waals surface area contributed by atoms with Gasteiger partial charge >= 0.3 is 0 Å². The second kappa shape index (κ2) is 4.50. The standard InChI is InChI=1S/C15H26N2O2/c1-6-14(4)12(18)16-15(5,11-7-8-11)13(19)17(14)9-10(2)3/h10-11H,6-9H2,1-5H3,(H,16,18). The van der Waals surface area contributed by atoms with E-state index < -0.39 is 11.1 Å². The van der Waals surface area contributed by atoms with Gasteiger partial charge in [0.25, 0.3) is 0 Å². The van der Waals surface area contributed by atoms with Gasteiger partial charge in [-0.2, -0.15) is 0 Å². The number of nitrogens with one attached hydrogen (secondary N) is 1. The van der Waals surface area contributed by atoms with E-state index in [0.29, 0.717) is 24.8 Å². The molecule has 19 heavy (non-hydrogen) atoms. The fourth-order valence-corrected chi connectivity index (χ4v) is 2.99. The molecule has 0 aromatic rings. The lowest BCUT2D eigenvalue weighted by Gasteiger charge is -2.50. The van der Waals surface area contributed by atoms with Crippen LogP contribution in [-0.4, -0.2) is 34.3 Å². The molecule has 2 aliphatic rings. The number of carbonyl (C=O) groups is 2. The van der Waals surface area contributed by atoms with Crippen LogP contribution >= 0.6 is 0 Å². The van der Waals surface area contributed by atoms with Gasteiger partial charge in [-0.1, -0.05) is 20.8 Å². The van der Waals surface area contributed by atoms with Gasteiger partial charge in [-0.15, -0.1) is 0 Å². The number of amides is 2. The average molecular weight is 266 g/mol. The third kappa shape index (κ3) is 2.15. The van der Waals surface area contributed by atoms with Crippen LogP contribution in [0.25, 0.3) is 0 Å². The van der Waals surface area contributed by atoms with Crippen LogP contribution in [-0.2, 0) is 9.59 Å². The number of piperazine rings is 1. The van der Waals surface area contributed by atoms with Gasteiger partial charge in [-0.3, -0.25) is 9.59 Å². The molecule has 2 unspecified atom stereocenters. The van der Waals surface area contributed by atoms with Gasteiger partial charge in [0, 0.05) is 6.54 Å². The first kappa shape index (κ1) is 14.4. The zero-order valence-corrected chi connectivity index (χ0v) is 12.7. The molecule has 0 bridgehead atoms. The maximum atomic E-state index is 12.9. The van der Waals surface area contributed by atoms with Crippen molar-refractivity contribution in [3.05, 3.63) is 0 Å². The Bertz CT molecular complexity index is 403. The van der Waals surface area contributed by atoms with Crippen LogP contribution in [0.4, 0.5) is 0 Å². The minimum atomic E-state index is -0.699. The Labute approximate surface area is 115 Å². The minimum Gasteiger partial charge on any atom is -0.340 e. The third-order valence-electron chi connectivity index (χ3n) is 4.78. The lowest BCUT2D eigenvalue weighted by Crippen LogP contribution is -2.75. The molecule has 2 fully saturated rings. The number of hydrogen-bond donors (Lipinski definition) is 1. The SMILES string of the molecule is CCC1(C)C(=O)NC(C)(C2CC2)C(=O)N1CC(C)C. The Morgan fingerprint density at radius 3 is 2.32 bits per heavy atom. The zero-order valence-electron chi connectivity index (χ0n) is 12.7. The lowest BCUT2D eigenvalue weighted by atomic mass is 9.82. The van der Waals surface area contributed by atoms with Crippen molar-refractivity contribution in [2.45, 2.75) is 65.0 Å². The minimum absolute atomic E-state index is 0.00431. The molecule has 2 amide bonds. The first-order valence-electron chi connectivity index (χ1n) is 7.40.